The standard InChI is InChI=1S/C4H10N6O8/c11-3-6(9(15)16)1-5(8(13)14)2-7(4-12)10(17)18/h11-12H,1-4H2. The first-order chi connectivity index (χ1) is 8.33. The van der Waals surface area contributed by atoms with Crippen LogP contribution in [0.3, 0.4) is 0 Å². The van der Waals surface area contributed by atoms with E-state index >= 15 is 0 Å². The van der Waals surface area contributed by atoms with Crippen molar-refractivity contribution in [3.63, 3.8) is 0 Å². The van der Waals surface area contributed by atoms with Gasteiger partial charge < -0.3 is 10.2 Å². The minimum Gasteiger partial charge on any atom is -0.371 e. The van der Waals surface area contributed by atoms with Crippen molar-refractivity contribution in [2.75, 3.05) is 26.8 Å². The Hall–Kier alpha value is -2.48. The minimum atomic E-state index is -1.13. The molecule has 0 aliphatic heterocycles. The molecule has 18 heavy (non-hydrogen) atoms. The SMILES string of the molecule is O=[N+]([O-])N(CO)CN(CN(CO)[N+](=O)[O-])[N+](=O)[O-]. The van der Waals surface area contributed by atoms with Crippen LogP contribution in [0.4, 0.5) is 0 Å². The third kappa shape index (κ3) is 4.58. The first kappa shape index (κ1) is 15.5. The quantitative estimate of drug-likeness (QED) is 0.252. The summed E-state index contributed by atoms with van der Waals surface area (Å²) < 4.78 is 0. The highest BCUT2D eigenvalue weighted by molar-refractivity contribution is 4.39. The lowest BCUT2D eigenvalue weighted by atomic mass is 10.8. The van der Waals surface area contributed by atoms with Crippen molar-refractivity contribution in [2.24, 2.45) is 0 Å². The molecule has 0 aliphatic rings. The van der Waals surface area contributed by atoms with Gasteiger partial charge in [-0.3, -0.25) is 0 Å². The minimum absolute atomic E-state index is 0.0539. The molecule has 14 nitrogen and oxygen atoms in total. The lowest BCUT2D eigenvalue weighted by Crippen LogP contribution is -2.50. The van der Waals surface area contributed by atoms with Gasteiger partial charge in [-0.2, -0.15) is 0 Å². The highest BCUT2D eigenvalue weighted by Gasteiger charge is 2.29. The van der Waals surface area contributed by atoms with Crippen molar-refractivity contribution in [2.45, 2.75) is 0 Å². The molecule has 0 saturated carbocycles. The zero-order valence-corrected chi connectivity index (χ0v) is 8.86. The Bertz CT molecular complexity index is 299. The second kappa shape index (κ2) is 6.97. The third-order valence-corrected chi connectivity index (χ3v) is 1.67. The lowest BCUT2D eigenvalue weighted by Gasteiger charge is -2.19. The maximum Gasteiger partial charge on any atom is 0.212 e. The zero-order valence-electron chi connectivity index (χ0n) is 8.86. The summed E-state index contributed by atoms with van der Waals surface area (Å²) in [6.45, 7) is -4.23. The van der Waals surface area contributed by atoms with Crippen molar-refractivity contribution in [1.29, 1.82) is 0 Å². The topological polar surface area (TPSA) is 180 Å². The monoisotopic (exact) mass is 270 g/mol. The van der Waals surface area contributed by atoms with Crippen molar-refractivity contribution in [1.82, 2.24) is 15.0 Å². The Morgan fingerprint density at radius 2 is 1.00 bits per heavy atom. The molecule has 0 amide bonds. The van der Waals surface area contributed by atoms with Crippen LogP contribution in [0.1, 0.15) is 0 Å². The van der Waals surface area contributed by atoms with Crippen LogP contribution >= 0.6 is 0 Å². The van der Waals surface area contributed by atoms with Gasteiger partial charge in [0, 0.05) is 0 Å². The summed E-state index contributed by atoms with van der Waals surface area (Å²) in [5, 5.41) is 45.1. The zero-order chi connectivity index (χ0) is 14.3. The Balaban J connectivity index is 4.71. The van der Waals surface area contributed by atoms with E-state index in [2.05, 4.69) is 0 Å². The Morgan fingerprint density at radius 3 is 1.17 bits per heavy atom. The molecule has 104 valence electrons. The van der Waals surface area contributed by atoms with Gasteiger partial charge in [0.2, 0.25) is 13.3 Å². The summed E-state index contributed by atoms with van der Waals surface area (Å²) in [6, 6.07) is 0. The maximum atomic E-state index is 10.5. The fourth-order valence-corrected chi connectivity index (χ4v) is 0.821. The molecule has 0 fully saturated rings. The number of nitro groups is 3. The van der Waals surface area contributed by atoms with E-state index in [-0.39, 0.29) is 15.0 Å². The number of hydrogen-bond acceptors (Lipinski definition) is 8. The van der Waals surface area contributed by atoms with Crippen LogP contribution in [0, 0.1) is 30.3 Å². The molecule has 0 rings (SSSR count). The first-order valence-corrected chi connectivity index (χ1v) is 4.23. The van der Waals surface area contributed by atoms with Gasteiger partial charge in [-0.05, 0) is 0 Å². The van der Waals surface area contributed by atoms with Gasteiger partial charge in [0.1, 0.15) is 0 Å². The van der Waals surface area contributed by atoms with E-state index in [1.807, 2.05) is 0 Å². The molecular weight excluding hydrogens is 260 g/mol. The lowest BCUT2D eigenvalue weighted by molar-refractivity contribution is -0.741. The number of aliphatic hydroxyl groups is 2. The third-order valence-electron chi connectivity index (χ3n) is 1.67. The van der Waals surface area contributed by atoms with Gasteiger partial charge in [0.05, 0.1) is 0 Å². The van der Waals surface area contributed by atoms with E-state index in [4.69, 9.17) is 10.2 Å². The summed E-state index contributed by atoms with van der Waals surface area (Å²) >= 11 is 0. The van der Waals surface area contributed by atoms with Crippen LogP contribution in [0.15, 0.2) is 0 Å². The van der Waals surface area contributed by atoms with Gasteiger partial charge in [-0.25, -0.2) is 30.3 Å². The second-order valence-electron chi connectivity index (χ2n) is 2.80. The van der Waals surface area contributed by atoms with E-state index in [0.717, 1.165) is 0 Å². The van der Waals surface area contributed by atoms with Gasteiger partial charge in [-0.1, -0.05) is 15.0 Å². The summed E-state index contributed by atoms with van der Waals surface area (Å²) in [5.41, 5.74) is 0. The number of nitrogens with zero attached hydrogens (tertiary/aromatic N) is 6. The van der Waals surface area contributed by atoms with Crippen molar-refractivity contribution < 1.29 is 25.3 Å². The Morgan fingerprint density at radius 1 is 0.722 bits per heavy atom. The van der Waals surface area contributed by atoms with E-state index in [1.165, 1.54) is 0 Å². The fourth-order valence-electron chi connectivity index (χ4n) is 0.821. The highest BCUT2D eigenvalue weighted by Crippen LogP contribution is 1.98. The average Bonchev–Trinajstić information content (AvgIpc) is 2.27. The van der Waals surface area contributed by atoms with Crippen molar-refractivity contribution in [3.05, 3.63) is 30.3 Å². The molecule has 0 heterocycles. The molecule has 0 unspecified atom stereocenters. The van der Waals surface area contributed by atoms with E-state index in [1.54, 1.807) is 0 Å². The smallest absolute Gasteiger partial charge is 0.212 e. The molecule has 0 aromatic heterocycles. The van der Waals surface area contributed by atoms with Crippen LogP contribution < -0.4 is 0 Å². The van der Waals surface area contributed by atoms with E-state index in [0.29, 0.717) is 0 Å². The second-order valence-corrected chi connectivity index (χ2v) is 2.80. The largest absolute Gasteiger partial charge is 0.371 e. The molecule has 0 radical (unpaired) electrons. The molecule has 0 bridgehead atoms. The van der Waals surface area contributed by atoms with Crippen LogP contribution in [0.5, 0.6) is 0 Å². The van der Waals surface area contributed by atoms with Gasteiger partial charge in [0.15, 0.2) is 28.6 Å². The summed E-state index contributed by atoms with van der Waals surface area (Å²) in [7, 11) is 0. The predicted molar refractivity (Wildman–Crippen MR) is 50.4 cm³/mol. The summed E-state index contributed by atoms with van der Waals surface area (Å²) in [4.78, 5) is 31.1. The first-order valence-electron chi connectivity index (χ1n) is 4.23. The van der Waals surface area contributed by atoms with Crippen molar-refractivity contribution >= 4 is 0 Å². The highest BCUT2D eigenvalue weighted by atomic mass is 16.7. The fraction of sp³-hybridized carbons (Fsp3) is 1.00. The van der Waals surface area contributed by atoms with Gasteiger partial charge >= 0.3 is 0 Å². The van der Waals surface area contributed by atoms with Crippen LogP contribution in [0.2, 0.25) is 0 Å². The van der Waals surface area contributed by atoms with Gasteiger partial charge in [-0.15, -0.1) is 0 Å². The van der Waals surface area contributed by atoms with Crippen LogP contribution in [0.25, 0.3) is 0 Å². The number of rotatable bonds is 9. The van der Waals surface area contributed by atoms with E-state index in [9.17, 15) is 30.3 Å². The molecule has 0 aliphatic carbocycles. The molecule has 2 N–H and O–H groups in total. The van der Waals surface area contributed by atoms with Crippen molar-refractivity contribution in [3.8, 4) is 0 Å². The number of hydrazine groups is 3. The normalized spacial score (nSPS) is 9.67. The summed E-state index contributed by atoms with van der Waals surface area (Å²) in [6.07, 6.45) is 0. The number of hydrogen-bond donors (Lipinski definition) is 2. The molecule has 0 atom stereocenters. The molecular formula is C4H10N6O8. The molecule has 0 aromatic carbocycles. The predicted octanol–water partition coefficient (Wildman–Crippen LogP) is -2.72. The maximum absolute atomic E-state index is 10.5. The van der Waals surface area contributed by atoms with Gasteiger partial charge in [0.25, 0.3) is 0 Å². The van der Waals surface area contributed by atoms with E-state index < -0.39 is 41.9 Å². The Labute approximate surface area is 98.6 Å². The number of aliphatic hydroxyl groups excluding tert-OH is 2. The Kier molecular flexibility index (Phi) is 6.01. The molecule has 14 heteroatoms. The molecule has 0 saturated heterocycles. The average molecular weight is 270 g/mol. The van der Waals surface area contributed by atoms with Crippen LogP contribution in [-0.2, 0) is 0 Å². The molecule has 0 aromatic rings. The van der Waals surface area contributed by atoms with Crippen LogP contribution in [-0.4, -0.2) is 67.1 Å². The summed E-state index contributed by atoms with van der Waals surface area (Å²) in [5.74, 6) is 0. The molecule has 0 spiro atoms.